The van der Waals surface area contributed by atoms with E-state index in [1.807, 2.05) is 18.5 Å². The third kappa shape index (κ3) is 2.95. The predicted molar refractivity (Wildman–Crippen MR) is 68.2 cm³/mol. The molecule has 0 radical (unpaired) electrons. The van der Waals surface area contributed by atoms with E-state index in [0.717, 1.165) is 16.3 Å². The normalized spacial score (nSPS) is 10.6. The van der Waals surface area contributed by atoms with E-state index in [-0.39, 0.29) is 0 Å². The Labute approximate surface area is 102 Å². The third-order valence-electron chi connectivity index (χ3n) is 2.01. The van der Waals surface area contributed by atoms with Crippen molar-refractivity contribution in [2.75, 3.05) is 16.8 Å². The van der Waals surface area contributed by atoms with Crippen LogP contribution in [0.4, 0.5) is 5.69 Å². The Hall–Kier alpha value is -0.0900. The topological polar surface area (TPSA) is 16.1 Å². The smallest absolute Gasteiger partial charge is 0.0592 e. The number of hydrogen-bond acceptors (Lipinski definition) is 2. The molecule has 0 saturated carbocycles. The summed E-state index contributed by atoms with van der Waals surface area (Å²) in [6.07, 6.45) is 3.66. The molecule has 0 aliphatic rings. The standard InChI is InChI=1S/C10H14Br2N2/c1-8(2)14(6-4-11)10-3-5-13-7-9(10)12/h3,5,7-8H,4,6H2,1-2H3. The van der Waals surface area contributed by atoms with Gasteiger partial charge in [-0.3, -0.25) is 4.98 Å². The van der Waals surface area contributed by atoms with Crippen LogP contribution in [0.2, 0.25) is 0 Å². The summed E-state index contributed by atoms with van der Waals surface area (Å²) in [5, 5.41) is 0.972. The largest absolute Gasteiger partial charge is 0.367 e. The van der Waals surface area contributed by atoms with Gasteiger partial charge in [0.25, 0.3) is 0 Å². The summed E-state index contributed by atoms with van der Waals surface area (Å²) in [6.45, 7) is 5.38. The molecule has 1 heterocycles. The van der Waals surface area contributed by atoms with E-state index < -0.39 is 0 Å². The van der Waals surface area contributed by atoms with Crippen LogP contribution >= 0.6 is 31.9 Å². The SMILES string of the molecule is CC(C)N(CCBr)c1ccncc1Br. The van der Waals surface area contributed by atoms with Crippen LogP contribution < -0.4 is 4.90 Å². The zero-order valence-corrected chi connectivity index (χ0v) is 11.5. The molecule has 1 rings (SSSR count). The molecule has 78 valence electrons. The molecule has 0 saturated heterocycles. The number of pyridine rings is 1. The van der Waals surface area contributed by atoms with Gasteiger partial charge in [0.2, 0.25) is 0 Å². The zero-order chi connectivity index (χ0) is 10.6. The number of rotatable bonds is 4. The molecule has 0 N–H and O–H groups in total. The molecular formula is C10H14Br2N2. The number of halogens is 2. The van der Waals surface area contributed by atoms with Crippen molar-refractivity contribution in [3.63, 3.8) is 0 Å². The molecule has 0 amide bonds. The summed E-state index contributed by atoms with van der Waals surface area (Å²) in [5.41, 5.74) is 1.20. The molecule has 0 unspecified atom stereocenters. The quantitative estimate of drug-likeness (QED) is 0.790. The van der Waals surface area contributed by atoms with Gasteiger partial charge in [0.1, 0.15) is 0 Å². The lowest BCUT2D eigenvalue weighted by molar-refractivity contribution is 0.706. The van der Waals surface area contributed by atoms with Gasteiger partial charge < -0.3 is 4.90 Å². The number of hydrogen-bond donors (Lipinski definition) is 0. The second-order valence-electron chi connectivity index (χ2n) is 3.30. The second-order valence-corrected chi connectivity index (χ2v) is 4.95. The van der Waals surface area contributed by atoms with Gasteiger partial charge >= 0.3 is 0 Å². The van der Waals surface area contributed by atoms with E-state index in [4.69, 9.17) is 0 Å². The molecule has 0 spiro atoms. The van der Waals surface area contributed by atoms with Crippen LogP contribution in [0.3, 0.4) is 0 Å². The van der Waals surface area contributed by atoms with Crippen LogP contribution in [0.5, 0.6) is 0 Å². The summed E-state index contributed by atoms with van der Waals surface area (Å²) in [4.78, 5) is 6.40. The van der Waals surface area contributed by atoms with Crippen molar-refractivity contribution in [1.29, 1.82) is 0 Å². The first-order chi connectivity index (χ1) is 6.66. The van der Waals surface area contributed by atoms with Gasteiger partial charge in [0.05, 0.1) is 10.2 Å². The first-order valence-electron chi connectivity index (χ1n) is 4.59. The molecule has 14 heavy (non-hydrogen) atoms. The van der Waals surface area contributed by atoms with E-state index in [1.54, 1.807) is 0 Å². The van der Waals surface area contributed by atoms with Gasteiger partial charge in [-0.25, -0.2) is 0 Å². The molecule has 0 aliphatic heterocycles. The molecule has 0 aliphatic carbocycles. The van der Waals surface area contributed by atoms with E-state index in [0.29, 0.717) is 6.04 Å². The number of aromatic nitrogens is 1. The Balaban J connectivity index is 2.93. The monoisotopic (exact) mass is 320 g/mol. The highest BCUT2D eigenvalue weighted by atomic mass is 79.9. The summed E-state index contributed by atoms with van der Waals surface area (Å²) < 4.78 is 1.05. The van der Waals surface area contributed by atoms with E-state index in [1.165, 1.54) is 5.69 Å². The van der Waals surface area contributed by atoms with Crippen LogP contribution in [0, 0.1) is 0 Å². The minimum absolute atomic E-state index is 0.492. The Morgan fingerprint density at radius 2 is 2.21 bits per heavy atom. The van der Waals surface area contributed by atoms with Gasteiger partial charge in [-0.1, -0.05) is 15.9 Å². The second kappa shape index (κ2) is 5.71. The predicted octanol–water partition coefficient (Wildman–Crippen LogP) is 3.45. The van der Waals surface area contributed by atoms with Crippen molar-refractivity contribution in [1.82, 2.24) is 4.98 Å². The van der Waals surface area contributed by atoms with Crippen molar-refractivity contribution >= 4 is 37.5 Å². The van der Waals surface area contributed by atoms with E-state index in [9.17, 15) is 0 Å². The van der Waals surface area contributed by atoms with Crippen LogP contribution in [0.1, 0.15) is 13.8 Å². The average Bonchev–Trinajstić information content (AvgIpc) is 2.15. The molecule has 0 bridgehead atoms. The maximum atomic E-state index is 4.06. The maximum absolute atomic E-state index is 4.06. The number of alkyl halides is 1. The lowest BCUT2D eigenvalue weighted by atomic mass is 10.2. The Morgan fingerprint density at radius 3 is 2.71 bits per heavy atom. The van der Waals surface area contributed by atoms with Crippen LogP contribution in [-0.4, -0.2) is 22.9 Å². The van der Waals surface area contributed by atoms with Gasteiger partial charge in [0.15, 0.2) is 0 Å². The molecule has 2 nitrogen and oxygen atoms in total. The summed E-state index contributed by atoms with van der Waals surface area (Å²) >= 11 is 6.98. The van der Waals surface area contributed by atoms with E-state index in [2.05, 4.69) is 55.6 Å². The number of nitrogens with zero attached hydrogens (tertiary/aromatic N) is 2. The molecule has 0 aromatic carbocycles. The summed E-state index contributed by atoms with van der Waals surface area (Å²) in [5.74, 6) is 0. The highest BCUT2D eigenvalue weighted by molar-refractivity contribution is 9.10. The lowest BCUT2D eigenvalue weighted by Crippen LogP contribution is -2.32. The van der Waals surface area contributed by atoms with E-state index >= 15 is 0 Å². The molecular weight excluding hydrogens is 308 g/mol. The first kappa shape index (κ1) is 12.0. The van der Waals surface area contributed by atoms with Crippen molar-refractivity contribution in [3.8, 4) is 0 Å². The summed E-state index contributed by atoms with van der Waals surface area (Å²) in [7, 11) is 0. The van der Waals surface area contributed by atoms with Crippen molar-refractivity contribution in [2.45, 2.75) is 19.9 Å². The van der Waals surface area contributed by atoms with Gasteiger partial charge in [-0.15, -0.1) is 0 Å². The Kier molecular flexibility index (Phi) is 4.89. The highest BCUT2D eigenvalue weighted by Crippen LogP contribution is 2.26. The molecule has 1 aromatic heterocycles. The Bertz CT molecular complexity index is 289. The fourth-order valence-electron chi connectivity index (χ4n) is 1.35. The first-order valence-corrected chi connectivity index (χ1v) is 6.50. The van der Waals surface area contributed by atoms with Crippen LogP contribution in [-0.2, 0) is 0 Å². The van der Waals surface area contributed by atoms with Gasteiger partial charge in [-0.05, 0) is 35.8 Å². The maximum Gasteiger partial charge on any atom is 0.0592 e. The fraction of sp³-hybridized carbons (Fsp3) is 0.500. The fourth-order valence-corrected chi connectivity index (χ4v) is 2.21. The highest BCUT2D eigenvalue weighted by Gasteiger charge is 2.12. The average molecular weight is 322 g/mol. The van der Waals surface area contributed by atoms with Gasteiger partial charge in [0, 0.05) is 30.3 Å². The minimum Gasteiger partial charge on any atom is -0.367 e. The number of anilines is 1. The Morgan fingerprint density at radius 1 is 1.50 bits per heavy atom. The molecule has 0 fully saturated rings. The van der Waals surface area contributed by atoms with Crippen molar-refractivity contribution in [3.05, 3.63) is 22.9 Å². The minimum atomic E-state index is 0.492. The van der Waals surface area contributed by atoms with Crippen molar-refractivity contribution < 1.29 is 0 Å². The molecule has 4 heteroatoms. The summed E-state index contributed by atoms with van der Waals surface area (Å²) in [6, 6.07) is 2.53. The molecule has 0 atom stereocenters. The van der Waals surface area contributed by atoms with Crippen LogP contribution in [0.15, 0.2) is 22.9 Å². The van der Waals surface area contributed by atoms with Crippen LogP contribution in [0.25, 0.3) is 0 Å². The third-order valence-corrected chi connectivity index (χ3v) is 2.97. The molecule has 1 aromatic rings. The van der Waals surface area contributed by atoms with Crippen molar-refractivity contribution in [2.24, 2.45) is 0 Å². The van der Waals surface area contributed by atoms with Gasteiger partial charge in [-0.2, -0.15) is 0 Å². The zero-order valence-electron chi connectivity index (χ0n) is 8.37. The lowest BCUT2D eigenvalue weighted by Gasteiger charge is -2.29.